The molecule has 0 spiro atoms. The highest BCUT2D eigenvalue weighted by Crippen LogP contribution is 2.34. The molecule has 3 rings (SSSR count). The Labute approximate surface area is 157 Å². The molecule has 7 nitrogen and oxygen atoms in total. The highest BCUT2D eigenvalue weighted by atomic mass is 32.2. The van der Waals surface area contributed by atoms with Crippen LogP contribution in [0.25, 0.3) is 10.8 Å². The van der Waals surface area contributed by atoms with E-state index in [1.54, 1.807) is 24.3 Å². The summed E-state index contributed by atoms with van der Waals surface area (Å²) in [5.41, 5.74) is 1.29. The third-order valence-corrected chi connectivity index (χ3v) is 5.12. The van der Waals surface area contributed by atoms with Gasteiger partial charge < -0.3 is 15.3 Å². The molecular weight excluding hydrogens is 366 g/mol. The van der Waals surface area contributed by atoms with Gasteiger partial charge in [-0.25, -0.2) is 13.6 Å². The van der Waals surface area contributed by atoms with Gasteiger partial charge in [0.05, 0.1) is 10.5 Å². The third-order valence-electron chi connectivity index (χ3n) is 4.17. The number of nitrogens with zero attached hydrogens (tertiary/aromatic N) is 1. The van der Waals surface area contributed by atoms with Crippen LogP contribution in [0.5, 0.6) is 5.75 Å². The van der Waals surface area contributed by atoms with Crippen LogP contribution < -0.4 is 15.4 Å². The number of phenolic OH excluding ortho intramolecular Hbond substituents is 1. The molecule has 0 aliphatic carbocycles. The number of benzene rings is 3. The number of fused-ring (bicyclic) bond motifs is 1. The van der Waals surface area contributed by atoms with Crippen molar-refractivity contribution >= 4 is 38.1 Å². The topological polar surface area (TPSA) is 113 Å². The van der Waals surface area contributed by atoms with E-state index in [9.17, 15) is 18.3 Å². The monoisotopic (exact) mass is 385 g/mol. The lowest BCUT2D eigenvalue weighted by Gasteiger charge is -2.14. The molecule has 3 aromatic rings. The minimum atomic E-state index is -4.09. The molecule has 0 heterocycles. The van der Waals surface area contributed by atoms with Gasteiger partial charge in [0.1, 0.15) is 5.75 Å². The number of nitrogens with two attached hydrogens (primary N) is 1. The Hall–Kier alpha value is -3.10. The average molecular weight is 385 g/mol. The summed E-state index contributed by atoms with van der Waals surface area (Å²) in [5, 5.41) is 18.9. The van der Waals surface area contributed by atoms with E-state index in [2.05, 4.69) is 5.32 Å². The number of primary sulfonamides is 1. The number of phenols is 1. The van der Waals surface area contributed by atoms with E-state index in [-0.39, 0.29) is 27.0 Å². The summed E-state index contributed by atoms with van der Waals surface area (Å²) < 4.78 is 23.9. The van der Waals surface area contributed by atoms with Crippen molar-refractivity contribution in [2.45, 2.75) is 4.90 Å². The Bertz CT molecular complexity index is 1120. The van der Waals surface area contributed by atoms with Crippen LogP contribution in [-0.2, 0) is 10.0 Å². The summed E-state index contributed by atoms with van der Waals surface area (Å²) in [6.07, 6.45) is 0. The molecule has 0 bridgehead atoms. The zero-order chi connectivity index (χ0) is 19.8. The Kier molecular flexibility index (Phi) is 4.77. The minimum absolute atomic E-state index is 0.172. The number of sulfonamides is 1. The van der Waals surface area contributed by atoms with Crippen LogP contribution >= 0.6 is 0 Å². The number of nitrogens with one attached hydrogen (secondary N) is 1. The summed E-state index contributed by atoms with van der Waals surface area (Å²) >= 11 is 0. The highest BCUT2D eigenvalue weighted by Gasteiger charge is 2.22. The lowest BCUT2D eigenvalue weighted by Crippen LogP contribution is -2.17. The van der Waals surface area contributed by atoms with Crippen molar-refractivity contribution in [3.05, 3.63) is 60.2 Å². The molecule has 0 saturated heterocycles. The lowest BCUT2D eigenvalue weighted by atomic mass is 10.0. The van der Waals surface area contributed by atoms with Crippen molar-refractivity contribution in [2.24, 2.45) is 5.14 Å². The van der Waals surface area contributed by atoms with Crippen molar-refractivity contribution < 1.29 is 18.3 Å². The summed E-state index contributed by atoms with van der Waals surface area (Å²) in [6.45, 7) is 0. The smallest absolute Gasteiger partial charge is 0.259 e. The zero-order valence-corrected chi connectivity index (χ0v) is 15.6. The number of hydrogen-bond donors (Lipinski definition) is 3. The van der Waals surface area contributed by atoms with E-state index in [4.69, 9.17) is 5.14 Å². The predicted molar refractivity (Wildman–Crippen MR) is 106 cm³/mol. The minimum Gasteiger partial charge on any atom is -0.506 e. The molecule has 0 fully saturated rings. The molecule has 0 aliphatic rings. The van der Waals surface area contributed by atoms with Gasteiger partial charge in [-0.2, -0.15) is 0 Å². The van der Waals surface area contributed by atoms with E-state index in [0.29, 0.717) is 5.69 Å². The maximum Gasteiger partial charge on any atom is 0.259 e. The van der Waals surface area contributed by atoms with Crippen molar-refractivity contribution in [1.82, 2.24) is 0 Å². The summed E-state index contributed by atoms with van der Waals surface area (Å²) in [5.74, 6) is -0.943. The maximum absolute atomic E-state index is 12.7. The van der Waals surface area contributed by atoms with Gasteiger partial charge >= 0.3 is 0 Å². The largest absolute Gasteiger partial charge is 0.506 e. The van der Waals surface area contributed by atoms with Gasteiger partial charge in [0.2, 0.25) is 10.0 Å². The van der Waals surface area contributed by atoms with Gasteiger partial charge in [-0.15, -0.1) is 0 Å². The van der Waals surface area contributed by atoms with Crippen molar-refractivity contribution in [3.8, 4) is 5.75 Å². The quantitative estimate of drug-likeness (QED) is 0.639. The maximum atomic E-state index is 12.7. The second-order valence-corrected chi connectivity index (χ2v) is 7.79. The van der Waals surface area contributed by atoms with E-state index in [0.717, 1.165) is 11.8 Å². The first kappa shape index (κ1) is 18.7. The first-order valence-corrected chi connectivity index (χ1v) is 9.59. The van der Waals surface area contributed by atoms with Gasteiger partial charge in [0, 0.05) is 36.2 Å². The standard InChI is InChI=1S/C19H19N3O4S/c1-22(2)13-9-7-12(8-10-13)21-19(24)16-11-17(27(20,25)26)14-5-3-4-6-15(14)18(16)23/h3-11,23H,1-2H3,(H,21,24)(H2,20,25,26). The van der Waals surface area contributed by atoms with Crippen LogP contribution in [0.1, 0.15) is 10.4 Å². The molecule has 140 valence electrons. The summed E-state index contributed by atoms with van der Waals surface area (Å²) in [6, 6.07) is 14.5. The molecule has 27 heavy (non-hydrogen) atoms. The van der Waals surface area contributed by atoms with Crippen molar-refractivity contribution in [1.29, 1.82) is 0 Å². The number of aromatic hydroxyl groups is 1. The molecule has 0 aromatic heterocycles. The highest BCUT2D eigenvalue weighted by molar-refractivity contribution is 7.89. The SMILES string of the molecule is CN(C)c1ccc(NC(=O)c2cc(S(N)(=O)=O)c3ccccc3c2O)cc1. The van der Waals surface area contributed by atoms with E-state index in [1.165, 1.54) is 12.1 Å². The van der Waals surface area contributed by atoms with Crippen LogP contribution in [0, 0.1) is 0 Å². The van der Waals surface area contributed by atoms with Crippen molar-refractivity contribution in [2.75, 3.05) is 24.3 Å². The lowest BCUT2D eigenvalue weighted by molar-refractivity contribution is 0.102. The molecule has 0 saturated carbocycles. The zero-order valence-electron chi connectivity index (χ0n) is 14.8. The van der Waals surface area contributed by atoms with Crippen LogP contribution in [0.4, 0.5) is 11.4 Å². The fraction of sp³-hybridized carbons (Fsp3) is 0.105. The molecule has 3 aromatic carbocycles. The first-order valence-electron chi connectivity index (χ1n) is 8.04. The van der Waals surface area contributed by atoms with E-state index < -0.39 is 15.9 Å². The normalized spacial score (nSPS) is 11.4. The van der Waals surface area contributed by atoms with Gasteiger partial charge in [0.15, 0.2) is 0 Å². The molecule has 8 heteroatoms. The average Bonchev–Trinajstić information content (AvgIpc) is 2.61. The second-order valence-electron chi connectivity index (χ2n) is 6.26. The number of carbonyl (C=O) groups is 1. The van der Waals surface area contributed by atoms with Gasteiger partial charge in [-0.05, 0) is 30.3 Å². The number of anilines is 2. The number of carbonyl (C=O) groups excluding carboxylic acids is 1. The number of amides is 1. The van der Waals surface area contributed by atoms with Crippen molar-refractivity contribution in [3.63, 3.8) is 0 Å². The third kappa shape index (κ3) is 3.71. The Morgan fingerprint density at radius 3 is 2.19 bits per heavy atom. The molecule has 1 amide bonds. The number of hydrogen-bond acceptors (Lipinski definition) is 5. The van der Waals surface area contributed by atoms with Gasteiger partial charge in [-0.1, -0.05) is 24.3 Å². The molecular formula is C19H19N3O4S. The van der Waals surface area contributed by atoms with Gasteiger partial charge in [0.25, 0.3) is 5.91 Å². The summed E-state index contributed by atoms with van der Waals surface area (Å²) in [7, 11) is -0.290. The molecule has 0 radical (unpaired) electrons. The van der Waals surface area contributed by atoms with Crippen LogP contribution in [0.2, 0.25) is 0 Å². The van der Waals surface area contributed by atoms with Crippen LogP contribution in [-0.4, -0.2) is 33.5 Å². The molecule has 4 N–H and O–H groups in total. The second kappa shape index (κ2) is 6.90. The fourth-order valence-electron chi connectivity index (χ4n) is 2.78. The number of rotatable bonds is 4. The first-order chi connectivity index (χ1) is 12.7. The van der Waals surface area contributed by atoms with E-state index >= 15 is 0 Å². The predicted octanol–water partition coefficient (Wildman–Crippen LogP) is 2.51. The molecule has 0 aliphatic heterocycles. The Morgan fingerprint density at radius 1 is 1.04 bits per heavy atom. The van der Waals surface area contributed by atoms with Gasteiger partial charge in [-0.3, -0.25) is 4.79 Å². The summed E-state index contributed by atoms with van der Waals surface area (Å²) in [4.78, 5) is 14.4. The fourth-order valence-corrected chi connectivity index (χ4v) is 3.54. The van der Waals surface area contributed by atoms with Crippen LogP contribution in [0.15, 0.2) is 59.5 Å². The Balaban J connectivity index is 2.05. The Morgan fingerprint density at radius 2 is 1.63 bits per heavy atom. The molecule has 0 atom stereocenters. The molecule has 0 unspecified atom stereocenters. The van der Waals surface area contributed by atoms with Crippen LogP contribution in [0.3, 0.4) is 0 Å². The van der Waals surface area contributed by atoms with E-state index in [1.807, 2.05) is 31.1 Å².